The summed E-state index contributed by atoms with van der Waals surface area (Å²) >= 11 is 0. The zero-order valence-electron chi connectivity index (χ0n) is 61.0. The Kier molecular flexibility index (Phi) is 32.9. The number of nitrogen functional groups attached to an aromatic ring is 2. The Labute approximate surface area is 646 Å². The van der Waals surface area contributed by atoms with Crippen molar-refractivity contribution in [1.82, 2.24) is 58.6 Å². The van der Waals surface area contributed by atoms with E-state index >= 15 is 0 Å². The van der Waals surface area contributed by atoms with E-state index in [0.29, 0.717) is 5.82 Å². The van der Waals surface area contributed by atoms with Gasteiger partial charge in [-0.3, -0.25) is 97.4 Å². The maximum absolute atomic E-state index is 13.2. The number of H-pyrrole nitrogens is 3. The van der Waals surface area contributed by atoms with Gasteiger partial charge in [-0.2, -0.15) is 9.97 Å². The molecule has 116 heavy (non-hydrogen) atoms. The number of esters is 7. The number of aromatic amines is 3. The van der Waals surface area contributed by atoms with Crippen LogP contribution in [0.5, 0.6) is 0 Å². The molecule has 646 valence electrons. The number of nitrogens with zero attached hydrogens (tertiary/aromatic N) is 9. The molecule has 6 aromatic rings. The summed E-state index contributed by atoms with van der Waals surface area (Å²) in [6.07, 6.45) is -10.7. The third-order valence-corrected chi connectivity index (χ3v) is 20.8. The van der Waals surface area contributed by atoms with Crippen LogP contribution in [0.25, 0.3) is 33.5 Å². The number of methoxy groups -OCH3 is 7. The summed E-state index contributed by atoms with van der Waals surface area (Å²) in [5.41, 5.74) is 6.50. The van der Waals surface area contributed by atoms with Crippen molar-refractivity contribution in [3.63, 3.8) is 0 Å². The smallest absolute Gasteiger partial charge is 0.469 e. The van der Waals surface area contributed by atoms with Crippen LogP contribution in [-0.2, 0) is 158 Å². The van der Waals surface area contributed by atoms with E-state index in [-0.39, 0.29) is 64.7 Å². The summed E-state index contributed by atoms with van der Waals surface area (Å²) in [6.45, 7) is -4.51. The summed E-state index contributed by atoms with van der Waals surface area (Å²) in [5, 5.41) is 0. The molecule has 0 amide bonds. The highest BCUT2D eigenvalue weighted by Crippen LogP contribution is 2.54. The van der Waals surface area contributed by atoms with Crippen molar-refractivity contribution in [3.05, 3.63) is 55.9 Å². The van der Waals surface area contributed by atoms with Crippen LogP contribution in [0.1, 0.15) is 56.6 Å². The van der Waals surface area contributed by atoms with Gasteiger partial charge in [0.15, 0.2) is 65.5 Å². The maximum Gasteiger partial charge on any atom is 0.473 e. The summed E-state index contributed by atoms with van der Waals surface area (Å²) in [4.78, 5) is 218. The van der Waals surface area contributed by atoms with Gasteiger partial charge < -0.3 is 98.1 Å². The molecule has 14 N–H and O–H groups in total. The maximum atomic E-state index is 13.2. The van der Waals surface area contributed by atoms with Crippen LogP contribution < -0.4 is 28.1 Å². The molecule has 0 bridgehead atoms. The number of nitrogens with one attached hydrogen (secondary N) is 3. The number of carbonyl (C=O) groups excluding carboxylic acids is 7. The molecule has 9 rings (SSSR count). The topological polar surface area (TPSA) is 800 Å². The van der Waals surface area contributed by atoms with Crippen molar-refractivity contribution < 1.29 is 192 Å². The van der Waals surface area contributed by atoms with Crippen LogP contribution in [0.3, 0.4) is 0 Å². The van der Waals surface area contributed by atoms with E-state index in [1.54, 1.807) is 6.92 Å². The van der Waals surface area contributed by atoms with Gasteiger partial charge in [0.25, 0.3) is 16.7 Å². The van der Waals surface area contributed by atoms with Gasteiger partial charge in [-0.15, -0.1) is 0 Å². The molecule has 3 fully saturated rings. The van der Waals surface area contributed by atoms with Crippen LogP contribution in [-0.4, -0.2) is 273 Å². The largest absolute Gasteiger partial charge is 0.473 e. The van der Waals surface area contributed by atoms with E-state index in [0.717, 1.165) is 56.1 Å². The van der Waals surface area contributed by atoms with Gasteiger partial charge in [-0.25, -0.2) is 71.3 Å². The number of phosphoric acid groups is 6. The first-order chi connectivity index (χ1) is 54.2. The molecule has 0 aliphatic carbocycles. The van der Waals surface area contributed by atoms with Crippen LogP contribution in [0.15, 0.2) is 33.4 Å². The minimum atomic E-state index is -5.48. The van der Waals surface area contributed by atoms with Crippen LogP contribution in [0, 0.1) is 6.92 Å². The second-order valence-corrected chi connectivity index (χ2v) is 31.5. The first-order valence-corrected chi connectivity index (χ1v) is 41.0. The molecular weight excluding hydrogens is 1710 g/mol. The Morgan fingerprint density at radius 1 is 0.440 bits per heavy atom. The van der Waals surface area contributed by atoms with E-state index in [4.69, 9.17) is 57.3 Å². The molecule has 0 spiro atoms. The first kappa shape index (κ1) is 94.6. The SMILES string of the molecule is COC(=O)COP(=O)(O)OC1C[C@H](n2cnc3c(=O)[nH]c(N)nc32)O[C@@H]1COP(=O)(O)OC(CC(=O)OC)(CC(=O)OC)C(=O)OC.COC(=O)COP(=O)(O)OC[C@H]1O[C@@H](n2cnc3c(=O)[nH]c(C)nc32)CC1OP(=O)(O)O.COC(=O)COP(=O)(O)OC[C@H]1O[C@@H](n2cnc3c(=O)[nH]c(N)nc32)CC1OP(=O)(O)OCC(=O)OC. The zero-order chi connectivity index (χ0) is 86.2. The normalized spacial score (nSPS) is 22.1. The van der Waals surface area contributed by atoms with Crippen LogP contribution in [0.4, 0.5) is 11.9 Å². The second-order valence-electron chi connectivity index (χ2n) is 23.3. The van der Waals surface area contributed by atoms with E-state index in [1.807, 2.05) is 0 Å². The first-order valence-electron chi connectivity index (χ1n) is 32.0. The molecule has 0 aromatic carbocycles. The number of nitrogens with two attached hydrogens (primary N) is 2. The van der Waals surface area contributed by atoms with Crippen molar-refractivity contribution in [3.8, 4) is 0 Å². The van der Waals surface area contributed by atoms with E-state index in [2.05, 4.69) is 96.1 Å². The fraction of sp³-hybridized carbons (Fsp3) is 0.577. The predicted octanol–water partition coefficient (Wildman–Crippen LogP) is -2.69. The number of ether oxygens (including phenoxy) is 10. The number of imidazole rings is 3. The zero-order valence-corrected chi connectivity index (χ0v) is 66.4. The molecule has 58 nitrogen and oxygen atoms in total. The molecular formula is C52H74N14O44P6. The quantitative estimate of drug-likeness (QED) is 0.0107. The minimum absolute atomic E-state index is 0.00920. The number of carbonyl (C=O) groups is 7. The molecule has 3 aliphatic heterocycles. The Hall–Kier alpha value is -8.52. The lowest BCUT2D eigenvalue weighted by Gasteiger charge is -2.30. The Bertz CT molecular complexity index is 5030. The fourth-order valence-electron chi connectivity index (χ4n) is 10.2. The summed E-state index contributed by atoms with van der Waals surface area (Å²) in [6, 6.07) is 0. The highest BCUT2D eigenvalue weighted by Gasteiger charge is 2.53. The third kappa shape index (κ3) is 26.7. The molecule has 0 saturated carbocycles. The standard InChI is InChI=1S/C22H31N5O18P2.C16H23N5O14P2.C14H20N4O12P2/c1-37-14(28)6-22(20(32)40-4,7-15(29)38-2)45-47(35,36)41-8-12-11(44-46(33,34)42-9-16(30)39-3)5-13(43-12)27-10-24-17-18(27)25-21(23)26-19(17)31;1-29-11(22)5-32-36(25,26)31-4-9-8(35-37(27,28)33-6-12(23)30-2)3-10(34-9)21-7-18-13-14(21)19-16(17)20-15(13)24;1-7-16-13-12(14(20)17-7)15-6-18(13)10-3-8(30-31(21,22)23)9(29-10)4-27-32(24,25)28-5-11(19)26-2/h10-13H,5-9H2,1-4H3,(H,33,34)(H,35,36)(H3,23,25,26,31);7-10H,3-6H2,1-2H3,(H,25,26)(H,27,28)(H3,17,19,20,24);6,8-10H,3-5H2,1-2H3,(H,24,25)(H,16,17,20)(H2,21,22,23)/t11?,12-,13-;2*8?,9-,10-/m111/s1. The van der Waals surface area contributed by atoms with Gasteiger partial charge in [0.05, 0.1) is 101 Å². The Morgan fingerprint density at radius 2 is 0.741 bits per heavy atom. The van der Waals surface area contributed by atoms with Gasteiger partial charge in [0.1, 0.15) is 61.1 Å². The number of aryl methyl sites for hydroxylation is 1. The molecule has 8 unspecified atom stereocenters. The lowest BCUT2D eigenvalue weighted by atomic mass is 9.95. The molecule has 14 atom stereocenters. The van der Waals surface area contributed by atoms with Crippen molar-refractivity contribution in [1.29, 1.82) is 0 Å². The number of rotatable bonds is 37. The van der Waals surface area contributed by atoms with Crippen molar-refractivity contribution >= 4 is 134 Å². The lowest BCUT2D eigenvalue weighted by molar-refractivity contribution is -0.173. The number of phosphoric ester groups is 6. The van der Waals surface area contributed by atoms with Crippen molar-refractivity contribution in [2.24, 2.45) is 0 Å². The summed E-state index contributed by atoms with van der Waals surface area (Å²) in [5.74, 6) is -7.79. The average molecular weight is 1790 g/mol. The van der Waals surface area contributed by atoms with Crippen molar-refractivity contribution in [2.45, 2.75) is 99.9 Å². The minimum Gasteiger partial charge on any atom is -0.469 e. The highest BCUT2D eigenvalue weighted by atomic mass is 31.2. The van der Waals surface area contributed by atoms with Gasteiger partial charge >= 0.3 is 88.7 Å². The van der Waals surface area contributed by atoms with E-state index < -0.39 is 225 Å². The fourth-order valence-corrected chi connectivity index (χ4v) is 15.0. The summed E-state index contributed by atoms with van der Waals surface area (Å²) < 4.78 is 178. The molecule has 0 radical (unpaired) electrons. The predicted molar refractivity (Wildman–Crippen MR) is 368 cm³/mol. The number of fused-ring (bicyclic) bond motifs is 3. The number of hydrogen-bond acceptors (Lipinski definition) is 45. The monoisotopic (exact) mass is 1780 g/mol. The van der Waals surface area contributed by atoms with E-state index in [9.17, 15) is 110 Å². The van der Waals surface area contributed by atoms with E-state index in [1.165, 1.54) is 26.4 Å². The molecule has 6 aromatic heterocycles. The van der Waals surface area contributed by atoms with Gasteiger partial charge in [0.2, 0.25) is 11.9 Å². The molecule has 9 heterocycles. The molecule has 3 saturated heterocycles. The Balaban J connectivity index is 0.000000245. The van der Waals surface area contributed by atoms with Crippen LogP contribution >= 0.6 is 46.9 Å². The van der Waals surface area contributed by atoms with Gasteiger partial charge in [0, 0.05) is 19.3 Å². The third-order valence-electron chi connectivity index (χ3n) is 15.4. The number of anilines is 2. The van der Waals surface area contributed by atoms with Gasteiger partial charge in [-0.05, 0) is 6.92 Å². The number of hydrogen-bond donors (Lipinski definition) is 12. The number of aromatic nitrogens is 12. The summed E-state index contributed by atoms with van der Waals surface area (Å²) in [7, 11) is -23.1. The highest BCUT2D eigenvalue weighted by molar-refractivity contribution is 7.48. The second kappa shape index (κ2) is 40.3. The van der Waals surface area contributed by atoms with Crippen LogP contribution in [0.2, 0.25) is 0 Å². The molecule has 3 aliphatic rings. The lowest BCUT2D eigenvalue weighted by Crippen LogP contribution is -2.46. The van der Waals surface area contributed by atoms with Crippen molar-refractivity contribution in [2.75, 3.05) is 107 Å². The Morgan fingerprint density at radius 3 is 1.06 bits per heavy atom. The van der Waals surface area contributed by atoms with Gasteiger partial charge in [-0.1, -0.05) is 0 Å². The molecule has 64 heteroatoms. The average Bonchev–Trinajstić information content (AvgIpc) is 1.63.